The molecule has 0 aromatic heterocycles. The molecule has 4 aromatic carbocycles. The maximum absolute atomic E-state index is 13.3. The van der Waals surface area contributed by atoms with E-state index >= 15 is 0 Å². The summed E-state index contributed by atoms with van der Waals surface area (Å²) in [6.07, 6.45) is 0. The third-order valence-corrected chi connectivity index (χ3v) is 7.37. The van der Waals surface area contributed by atoms with Crippen LogP contribution in [0.3, 0.4) is 0 Å². The van der Waals surface area contributed by atoms with Crippen LogP contribution in [0.4, 0.5) is 0 Å². The Kier molecular flexibility index (Phi) is 4.60. The normalized spacial score (nSPS) is 12.0. The summed E-state index contributed by atoms with van der Waals surface area (Å²) in [5.41, 5.74) is 1.53. The van der Waals surface area contributed by atoms with Crippen LogP contribution >= 0.6 is 0 Å². The van der Waals surface area contributed by atoms with E-state index in [2.05, 4.69) is 0 Å². The molecule has 28 heavy (non-hydrogen) atoms. The van der Waals surface area contributed by atoms with Gasteiger partial charge in [0.2, 0.25) is 0 Å². The standard InChI is InChI=1S/C24H22O3S/c1-16(2)28(25,26)22-15-13-18-9-5-7-11-20(18)24(22)23-19-10-6-4-8-17(19)12-14-21(23)27-3/h4-16H,1-3H3. The molecule has 0 aliphatic rings. The van der Waals surface area contributed by atoms with E-state index in [0.29, 0.717) is 16.2 Å². The molecule has 0 saturated carbocycles. The average molecular weight is 391 g/mol. The molecule has 4 rings (SSSR count). The van der Waals surface area contributed by atoms with Gasteiger partial charge >= 0.3 is 0 Å². The van der Waals surface area contributed by atoms with Gasteiger partial charge in [0, 0.05) is 11.1 Å². The molecule has 0 atom stereocenters. The van der Waals surface area contributed by atoms with Crippen molar-refractivity contribution in [2.45, 2.75) is 24.0 Å². The summed E-state index contributed by atoms with van der Waals surface area (Å²) in [5, 5.41) is 3.39. The van der Waals surface area contributed by atoms with Crippen molar-refractivity contribution in [1.82, 2.24) is 0 Å². The molecule has 0 spiro atoms. The van der Waals surface area contributed by atoms with E-state index in [1.807, 2.05) is 66.7 Å². The summed E-state index contributed by atoms with van der Waals surface area (Å²) >= 11 is 0. The topological polar surface area (TPSA) is 43.4 Å². The maximum atomic E-state index is 13.3. The zero-order valence-electron chi connectivity index (χ0n) is 16.1. The molecule has 0 amide bonds. The highest BCUT2D eigenvalue weighted by atomic mass is 32.2. The third kappa shape index (κ3) is 2.85. The number of benzene rings is 4. The van der Waals surface area contributed by atoms with Crippen molar-refractivity contribution in [2.75, 3.05) is 7.11 Å². The minimum Gasteiger partial charge on any atom is -0.496 e. The van der Waals surface area contributed by atoms with Gasteiger partial charge in [0.25, 0.3) is 0 Å². The number of sulfone groups is 1. The lowest BCUT2D eigenvalue weighted by molar-refractivity contribution is 0.417. The summed E-state index contributed by atoms with van der Waals surface area (Å²) in [5.74, 6) is 0.662. The van der Waals surface area contributed by atoms with Crippen LogP contribution in [0.25, 0.3) is 32.7 Å². The Bertz CT molecular complexity index is 1290. The van der Waals surface area contributed by atoms with E-state index in [1.54, 1.807) is 27.0 Å². The molecule has 4 heteroatoms. The number of rotatable bonds is 4. The molecule has 0 aliphatic heterocycles. The van der Waals surface area contributed by atoms with Crippen LogP contribution < -0.4 is 4.74 Å². The maximum Gasteiger partial charge on any atom is 0.181 e. The van der Waals surface area contributed by atoms with Crippen LogP contribution in [0.15, 0.2) is 77.7 Å². The summed E-state index contributed by atoms with van der Waals surface area (Å²) in [6.45, 7) is 3.43. The Labute approximate surface area is 165 Å². The molecule has 0 bridgehead atoms. The Morgan fingerprint density at radius 3 is 1.82 bits per heavy atom. The summed E-state index contributed by atoms with van der Waals surface area (Å²) in [4.78, 5) is 0.343. The number of methoxy groups -OCH3 is 1. The highest BCUT2D eigenvalue weighted by Gasteiger charge is 2.27. The molecule has 0 fully saturated rings. The number of ether oxygens (including phenoxy) is 1. The largest absolute Gasteiger partial charge is 0.496 e. The Morgan fingerprint density at radius 1 is 0.714 bits per heavy atom. The molecule has 0 saturated heterocycles. The summed E-state index contributed by atoms with van der Waals surface area (Å²) in [7, 11) is -1.88. The van der Waals surface area contributed by atoms with Crippen molar-refractivity contribution in [3.8, 4) is 16.9 Å². The van der Waals surface area contributed by atoms with Gasteiger partial charge in [-0.25, -0.2) is 8.42 Å². The molecule has 0 N–H and O–H groups in total. The molecular formula is C24H22O3S. The lowest BCUT2D eigenvalue weighted by atomic mass is 9.93. The van der Waals surface area contributed by atoms with Gasteiger partial charge in [-0.3, -0.25) is 0 Å². The highest BCUT2D eigenvalue weighted by molar-refractivity contribution is 7.92. The summed E-state index contributed by atoms with van der Waals surface area (Å²) < 4.78 is 32.2. The van der Waals surface area contributed by atoms with E-state index in [0.717, 1.165) is 27.1 Å². The zero-order valence-corrected chi connectivity index (χ0v) is 17.0. The van der Waals surface area contributed by atoms with Crippen molar-refractivity contribution >= 4 is 31.4 Å². The molecule has 3 nitrogen and oxygen atoms in total. The molecule has 4 aromatic rings. The minimum absolute atomic E-state index is 0.343. The number of hydrogen-bond donors (Lipinski definition) is 0. The lowest BCUT2D eigenvalue weighted by Crippen LogP contribution is -2.15. The summed E-state index contributed by atoms with van der Waals surface area (Å²) in [6, 6.07) is 23.4. The first kappa shape index (κ1) is 18.5. The smallest absolute Gasteiger partial charge is 0.181 e. The second kappa shape index (κ2) is 6.95. The van der Waals surface area contributed by atoms with Crippen molar-refractivity contribution in [2.24, 2.45) is 0 Å². The van der Waals surface area contributed by atoms with Gasteiger partial charge in [0.15, 0.2) is 9.84 Å². The van der Waals surface area contributed by atoms with Gasteiger partial charge in [-0.15, -0.1) is 0 Å². The van der Waals surface area contributed by atoms with E-state index in [-0.39, 0.29) is 0 Å². The van der Waals surface area contributed by atoms with Gasteiger partial charge in [-0.1, -0.05) is 60.7 Å². The fourth-order valence-corrected chi connectivity index (χ4v) is 4.94. The van der Waals surface area contributed by atoms with Crippen LogP contribution in [0.2, 0.25) is 0 Å². The molecule has 142 valence electrons. The van der Waals surface area contributed by atoms with E-state index < -0.39 is 15.1 Å². The lowest BCUT2D eigenvalue weighted by Gasteiger charge is -2.19. The second-order valence-corrected chi connectivity index (χ2v) is 9.59. The Hall–Kier alpha value is -2.85. The first-order valence-electron chi connectivity index (χ1n) is 9.27. The van der Waals surface area contributed by atoms with Crippen LogP contribution in [0, 0.1) is 0 Å². The molecule has 0 radical (unpaired) electrons. The van der Waals surface area contributed by atoms with Crippen LogP contribution in [0.1, 0.15) is 13.8 Å². The molecule has 0 heterocycles. The number of hydrogen-bond acceptors (Lipinski definition) is 3. The SMILES string of the molecule is COc1ccc2ccccc2c1-c1c(S(=O)(=O)C(C)C)ccc2ccccc12. The Morgan fingerprint density at radius 2 is 1.25 bits per heavy atom. The van der Waals surface area contributed by atoms with Gasteiger partial charge in [-0.2, -0.15) is 0 Å². The molecular weight excluding hydrogens is 368 g/mol. The van der Waals surface area contributed by atoms with Crippen molar-refractivity contribution in [1.29, 1.82) is 0 Å². The quantitative estimate of drug-likeness (QED) is 0.439. The van der Waals surface area contributed by atoms with E-state index in [4.69, 9.17) is 4.74 Å². The third-order valence-electron chi connectivity index (χ3n) is 5.18. The zero-order chi connectivity index (χ0) is 19.9. The van der Waals surface area contributed by atoms with Gasteiger partial charge < -0.3 is 4.74 Å². The monoisotopic (exact) mass is 390 g/mol. The number of fused-ring (bicyclic) bond motifs is 2. The minimum atomic E-state index is -3.50. The van der Waals surface area contributed by atoms with Crippen molar-refractivity contribution < 1.29 is 13.2 Å². The fourth-order valence-electron chi connectivity index (χ4n) is 3.68. The predicted octanol–water partition coefficient (Wildman–Crippen LogP) is 5.85. The molecule has 0 aliphatic carbocycles. The van der Waals surface area contributed by atoms with Crippen molar-refractivity contribution in [3.05, 3.63) is 72.8 Å². The van der Waals surface area contributed by atoms with Gasteiger partial charge in [0.05, 0.1) is 17.3 Å². The first-order valence-corrected chi connectivity index (χ1v) is 10.8. The fraction of sp³-hybridized carbons (Fsp3) is 0.167. The average Bonchev–Trinajstić information content (AvgIpc) is 2.72. The second-order valence-electron chi connectivity index (χ2n) is 7.12. The van der Waals surface area contributed by atoms with Crippen LogP contribution in [-0.2, 0) is 9.84 Å². The van der Waals surface area contributed by atoms with E-state index in [9.17, 15) is 8.42 Å². The predicted molar refractivity (Wildman–Crippen MR) is 116 cm³/mol. The van der Waals surface area contributed by atoms with Crippen molar-refractivity contribution in [3.63, 3.8) is 0 Å². The van der Waals surface area contributed by atoms with Gasteiger partial charge in [0.1, 0.15) is 5.75 Å². The van der Waals surface area contributed by atoms with Gasteiger partial charge in [-0.05, 0) is 47.5 Å². The van der Waals surface area contributed by atoms with E-state index in [1.165, 1.54) is 0 Å². The molecule has 0 unspecified atom stereocenters. The first-order chi connectivity index (χ1) is 13.4. The highest BCUT2D eigenvalue weighted by Crippen LogP contribution is 2.44. The Balaban J connectivity index is 2.26. The van der Waals surface area contributed by atoms with Crippen LogP contribution in [-0.4, -0.2) is 20.8 Å². The van der Waals surface area contributed by atoms with Crippen LogP contribution in [0.5, 0.6) is 5.75 Å².